The highest BCUT2D eigenvalue weighted by molar-refractivity contribution is 5.44. The van der Waals surface area contributed by atoms with Crippen LogP contribution in [0.1, 0.15) is 6.92 Å². The van der Waals surface area contributed by atoms with Gasteiger partial charge in [-0.3, -0.25) is 10.6 Å². The van der Waals surface area contributed by atoms with Gasteiger partial charge in [0.15, 0.2) is 0 Å². The van der Waals surface area contributed by atoms with Crippen LogP contribution in [-0.4, -0.2) is 18.1 Å². The first-order chi connectivity index (χ1) is 6.05. The molecule has 0 amide bonds. The van der Waals surface area contributed by atoms with Crippen LogP contribution in [0.2, 0.25) is 0 Å². The van der Waals surface area contributed by atoms with E-state index in [1.165, 1.54) is 19.1 Å². The fourth-order valence-electron chi connectivity index (χ4n) is 1.11. The minimum absolute atomic E-state index is 0.706. The Morgan fingerprint density at radius 3 is 2.31 bits per heavy atom. The van der Waals surface area contributed by atoms with Crippen molar-refractivity contribution in [2.24, 2.45) is 5.73 Å². The van der Waals surface area contributed by atoms with Crippen molar-refractivity contribution in [3.05, 3.63) is 30.3 Å². The molecule has 0 bridgehead atoms. The number of nitrogens with two attached hydrogens (primary N) is 1. The molecule has 0 radical (unpaired) electrons. The first-order valence-electron chi connectivity index (χ1n) is 3.96. The zero-order valence-corrected chi connectivity index (χ0v) is 7.77. The average molecular weight is 182 g/mol. The van der Waals surface area contributed by atoms with Gasteiger partial charge in [-0.2, -0.15) is 0 Å². The molecule has 1 aromatic rings. The Morgan fingerprint density at radius 1 is 1.38 bits per heavy atom. The van der Waals surface area contributed by atoms with Crippen molar-refractivity contribution in [2.75, 3.05) is 12.2 Å². The standard InChI is InChI=1S/C9H14N2O2/c1-9(10,12)11(13-2)8-6-4-3-5-7-8/h3-7,12H,10H2,1-2H3. The predicted molar refractivity (Wildman–Crippen MR) is 50.7 cm³/mol. The molecule has 1 aromatic carbocycles. The summed E-state index contributed by atoms with van der Waals surface area (Å²) in [7, 11) is 1.45. The molecule has 0 saturated heterocycles. The number of benzene rings is 1. The second-order valence-electron chi connectivity index (χ2n) is 2.91. The summed E-state index contributed by atoms with van der Waals surface area (Å²) in [4.78, 5) is 4.96. The Hall–Kier alpha value is -1.10. The highest BCUT2D eigenvalue weighted by Gasteiger charge is 2.24. The van der Waals surface area contributed by atoms with E-state index in [4.69, 9.17) is 10.6 Å². The van der Waals surface area contributed by atoms with Gasteiger partial charge >= 0.3 is 0 Å². The van der Waals surface area contributed by atoms with E-state index in [9.17, 15) is 5.11 Å². The largest absolute Gasteiger partial charge is 0.357 e. The highest BCUT2D eigenvalue weighted by atomic mass is 16.7. The van der Waals surface area contributed by atoms with E-state index in [2.05, 4.69) is 0 Å². The van der Waals surface area contributed by atoms with Crippen LogP contribution in [0.15, 0.2) is 30.3 Å². The van der Waals surface area contributed by atoms with Crippen LogP contribution >= 0.6 is 0 Å². The van der Waals surface area contributed by atoms with E-state index in [1.807, 2.05) is 18.2 Å². The van der Waals surface area contributed by atoms with Gasteiger partial charge in [-0.25, -0.2) is 5.06 Å². The molecule has 4 heteroatoms. The zero-order valence-electron chi connectivity index (χ0n) is 7.77. The van der Waals surface area contributed by atoms with Gasteiger partial charge < -0.3 is 5.11 Å². The molecular formula is C9H14N2O2. The van der Waals surface area contributed by atoms with Crippen LogP contribution in [-0.2, 0) is 4.84 Å². The summed E-state index contributed by atoms with van der Waals surface area (Å²) < 4.78 is 0. The van der Waals surface area contributed by atoms with Crippen LogP contribution < -0.4 is 10.8 Å². The third-order valence-corrected chi connectivity index (χ3v) is 1.58. The molecule has 1 atom stereocenters. The van der Waals surface area contributed by atoms with Gasteiger partial charge in [-0.05, 0) is 12.1 Å². The molecule has 13 heavy (non-hydrogen) atoms. The van der Waals surface area contributed by atoms with E-state index < -0.39 is 5.85 Å². The maximum atomic E-state index is 9.51. The molecule has 0 aliphatic rings. The van der Waals surface area contributed by atoms with Crippen molar-refractivity contribution in [3.8, 4) is 0 Å². The maximum absolute atomic E-state index is 9.51. The lowest BCUT2D eigenvalue weighted by atomic mass is 10.3. The SMILES string of the molecule is CON(c1ccccc1)C(C)(N)O. The molecule has 1 rings (SSSR count). The summed E-state index contributed by atoms with van der Waals surface area (Å²) in [6, 6.07) is 9.15. The molecule has 4 nitrogen and oxygen atoms in total. The van der Waals surface area contributed by atoms with Crippen molar-refractivity contribution in [1.82, 2.24) is 0 Å². The normalized spacial score (nSPS) is 15.1. The van der Waals surface area contributed by atoms with Gasteiger partial charge in [0.25, 0.3) is 0 Å². The van der Waals surface area contributed by atoms with Gasteiger partial charge in [-0.1, -0.05) is 18.2 Å². The van der Waals surface area contributed by atoms with E-state index in [-0.39, 0.29) is 0 Å². The van der Waals surface area contributed by atoms with E-state index in [1.54, 1.807) is 12.1 Å². The molecule has 0 spiro atoms. The van der Waals surface area contributed by atoms with Crippen LogP contribution in [0.4, 0.5) is 5.69 Å². The van der Waals surface area contributed by atoms with Gasteiger partial charge in [0.1, 0.15) is 0 Å². The Bertz CT molecular complexity index is 256. The van der Waals surface area contributed by atoms with Crippen molar-refractivity contribution < 1.29 is 9.94 Å². The smallest absolute Gasteiger partial charge is 0.213 e. The summed E-state index contributed by atoms with van der Waals surface area (Å²) in [5.41, 5.74) is 6.18. The number of hydrogen-bond acceptors (Lipinski definition) is 4. The minimum Gasteiger partial charge on any atom is -0.357 e. The zero-order chi connectivity index (χ0) is 9.90. The lowest BCUT2D eigenvalue weighted by Gasteiger charge is -2.32. The summed E-state index contributed by atoms with van der Waals surface area (Å²) in [6.07, 6.45) is 0. The number of para-hydroxylation sites is 1. The lowest BCUT2D eigenvalue weighted by Crippen LogP contribution is -2.53. The maximum Gasteiger partial charge on any atom is 0.213 e. The number of aliphatic hydroxyl groups is 1. The van der Waals surface area contributed by atoms with Crippen molar-refractivity contribution in [2.45, 2.75) is 12.8 Å². The van der Waals surface area contributed by atoms with Crippen molar-refractivity contribution >= 4 is 5.69 Å². The Kier molecular flexibility index (Phi) is 2.87. The number of hydroxylamine groups is 1. The fourth-order valence-corrected chi connectivity index (χ4v) is 1.11. The van der Waals surface area contributed by atoms with Crippen LogP contribution in [0.5, 0.6) is 0 Å². The molecule has 0 fully saturated rings. The van der Waals surface area contributed by atoms with E-state index >= 15 is 0 Å². The lowest BCUT2D eigenvalue weighted by molar-refractivity contribution is -0.0375. The molecule has 1 unspecified atom stereocenters. The van der Waals surface area contributed by atoms with Crippen LogP contribution in [0.25, 0.3) is 0 Å². The third-order valence-electron chi connectivity index (χ3n) is 1.58. The Labute approximate surface area is 77.5 Å². The van der Waals surface area contributed by atoms with Gasteiger partial charge in [0, 0.05) is 6.92 Å². The van der Waals surface area contributed by atoms with Crippen LogP contribution in [0.3, 0.4) is 0 Å². The molecule has 72 valence electrons. The number of anilines is 1. The summed E-state index contributed by atoms with van der Waals surface area (Å²) in [5, 5.41) is 10.7. The molecular weight excluding hydrogens is 168 g/mol. The fraction of sp³-hybridized carbons (Fsp3) is 0.333. The molecule has 0 aromatic heterocycles. The second kappa shape index (κ2) is 3.74. The van der Waals surface area contributed by atoms with E-state index in [0.717, 1.165) is 0 Å². The third kappa shape index (κ3) is 2.42. The topological polar surface area (TPSA) is 58.7 Å². The summed E-state index contributed by atoms with van der Waals surface area (Å²) >= 11 is 0. The molecule has 0 saturated carbocycles. The number of hydrogen-bond donors (Lipinski definition) is 2. The molecule has 0 heterocycles. The highest BCUT2D eigenvalue weighted by Crippen LogP contribution is 2.18. The Morgan fingerprint density at radius 2 is 1.92 bits per heavy atom. The minimum atomic E-state index is -1.52. The number of nitrogens with zero attached hydrogens (tertiary/aromatic N) is 1. The number of rotatable bonds is 3. The monoisotopic (exact) mass is 182 g/mol. The quantitative estimate of drug-likeness (QED) is 0.533. The summed E-state index contributed by atoms with van der Waals surface area (Å²) in [6.45, 7) is 1.45. The molecule has 0 aliphatic heterocycles. The van der Waals surface area contributed by atoms with E-state index in [0.29, 0.717) is 5.69 Å². The first kappa shape index (κ1) is 9.98. The first-order valence-corrected chi connectivity index (χ1v) is 3.96. The average Bonchev–Trinajstić information content (AvgIpc) is 2.05. The van der Waals surface area contributed by atoms with Gasteiger partial charge in [0.05, 0.1) is 12.8 Å². The van der Waals surface area contributed by atoms with Crippen molar-refractivity contribution in [3.63, 3.8) is 0 Å². The summed E-state index contributed by atoms with van der Waals surface area (Å²) in [5.74, 6) is -1.52. The molecule has 0 aliphatic carbocycles. The van der Waals surface area contributed by atoms with Gasteiger partial charge in [0.2, 0.25) is 5.85 Å². The predicted octanol–water partition coefficient (Wildman–Crippen LogP) is 0.679. The van der Waals surface area contributed by atoms with Gasteiger partial charge in [-0.15, -0.1) is 0 Å². The van der Waals surface area contributed by atoms with Crippen LogP contribution in [0, 0.1) is 0 Å². The molecule has 3 N–H and O–H groups in total. The second-order valence-corrected chi connectivity index (χ2v) is 2.91. The Balaban J connectivity index is 2.92. The van der Waals surface area contributed by atoms with Crippen molar-refractivity contribution in [1.29, 1.82) is 0 Å².